The molecule has 0 amide bonds. The fraction of sp³-hybridized carbons (Fsp3) is 0.528. The molecule has 0 unspecified atom stereocenters. The summed E-state index contributed by atoms with van der Waals surface area (Å²) >= 11 is 0. The molecule has 4 aromatic rings. The number of ether oxygens (including phenoxy) is 1. The van der Waals surface area contributed by atoms with Crippen LogP contribution in [-0.4, -0.2) is 53.8 Å². The molecule has 0 atom stereocenters. The molecule has 1 N–H and O–H groups in total. The Kier molecular flexibility index (Phi) is 8.23. The van der Waals surface area contributed by atoms with Gasteiger partial charge in [0.15, 0.2) is 9.84 Å². The second-order valence-electron chi connectivity index (χ2n) is 14.5. The van der Waals surface area contributed by atoms with Gasteiger partial charge in [0.25, 0.3) is 0 Å². The van der Waals surface area contributed by atoms with Gasteiger partial charge in [0.1, 0.15) is 11.4 Å². The summed E-state index contributed by atoms with van der Waals surface area (Å²) in [5.41, 5.74) is 4.82. The average Bonchev–Trinajstić information content (AvgIpc) is 3.74. The number of nitrogens with zero attached hydrogens (tertiary/aromatic N) is 2. The summed E-state index contributed by atoms with van der Waals surface area (Å²) in [5.74, 6) is 0.786. The van der Waals surface area contributed by atoms with Crippen LogP contribution in [0.2, 0.25) is 0 Å². The number of nitrogens with one attached hydrogen (secondary N) is 1. The van der Waals surface area contributed by atoms with E-state index in [4.69, 9.17) is 4.74 Å². The summed E-state index contributed by atoms with van der Waals surface area (Å²) in [4.78, 5) is 11.2. The predicted molar refractivity (Wildman–Crippen MR) is 179 cm³/mol. The summed E-state index contributed by atoms with van der Waals surface area (Å²) in [6.07, 6.45) is 4.26. The molecule has 1 fully saturated rings. The van der Waals surface area contributed by atoms with Crippen LogP contribution in [0.25, 0.3) is 33.1 Å². The lowest BCUT2D eigenvalue weighted by atomic mass is 9.60. The summed E-state index contributed by atoms with van der Waals surface area (Å²) in [6, 6.07) is 13.6. The molecule has 0 radical (unpaired) electrons. The van der Waals surface area contributed by atoms with E-state index in [0.717, 1.165) is 76.7 Å². The highest BCUT2D eigenvalue weighted by atomic mass is 32.2. The van der Waals surface area contributed by atoms with Crippen LogP contribution in [0.3, 0.4) is 0 Å². The molecule has 2 heterocycles. The van der Waals surface area contributed by atoms with Crippen LogP contribution < -0.4 is 4.74 Å². The van der Waals surface area contributed by atoms with Gasteiger partial charge in [-0.2, -0.15) is 0 Å². The molecule has 0 bridgehead atoms. The van der Waals surface area contributed by atoms with Crippen molar-refractivity contribution in [2.45, 2.75) is 97.3 Å². The van der Waals surface area contributed by atoms with Crippen LogP contribution in [0.4, 0.5) is 0 Å². The predicted octanol–water partition coefficient (Wildman–Crippen LogP) is 8.57. The number of aryl methyl sites for hydroxylation is 1. The number of aromatic amines is 1. The fourth-order valence-electron chi connectivity index (χ4n) is 6.95. The van der Waals surface area contributed by atoms with Crippen molar-refractivity contribution in [3.8, 4) is 16.9 Å². The van der Waals surface area contributed by atoms with Gasteiger partial charge in [0.05, 0.1) is 22.3 Å². The number of fused-ring (bicyclic) bond motifs is 3. The van der Waals surface area contributed by atoms with Gasteiger partial charge in [-0.3, -0.25) is 4.90 Å². The molecule has 0 aliphatic heterocycles. The molecule has 43 heavy (non-hydrogen) atoms. The molecular formula is C36H49N3O3S. The van der Waals surface area contributed by atoms with Gasteiger partial charge in [-0.25, -0.2) is 13.4 Å². The van der Waals surface area contributed by atoms with E-state index >= 15 is 0 Å². The third-order valence-corrected chi connectivity index (χ3v) is 12.2. The zero-order valence-electron chi connectivity index (χ0n) is 27.5. The highest BCUT2D eigenvalue weighted by Gasteiger charge is 2.50. The van der Waals surface area contributed by atoms with Crippen LogP contribution in [-0.2, 0) is 9.84 Å². The second-order valence-corrected chi connectivity index (χ2v) is 16.7. The Balaban J connectivity index is 1.46. The lowest BCUT2D eigenvalue weighted by Crippen LogP contribution is -2.62. The van der Waals surface area contributed by atoms with Gasteiger partial charge < -0.3 is 9.72 Å². The summed E-state index contributed by atoms with van der Waals surface area (Å²) in [5, 5.41) is 1.77. The van der Waals surface area contributed by atoms with Gasteiger partial charge in [0.2, 0.25) is 0 Å². The minimum Gasteiger partial charge on any atom is -0.491 e. The molecule has 2 aromatic heterocycles. The molecule has 7 heteroatoms. The lowest BCUT2D eigenvalue weighted by molar-refractivity contribution is -0.0733. The molecule has 232 valence electrons. The third-order valence-electron chi connectivity index (χ3n) is 9.91. The van der Waals surface area contributed by atoms with Crippen molar-refractivity contribution >= 4 is 31.8 Å². The Morgan fingerprint density at radius 2 is 1.70 bits per heavy atom. The first kappa shape index (κ1) is 31.5. The zero-order valence-corrected chi connectivity index (χ0v) is 28.3. The van der Waals surface area contributed by atoms with Crippen molar-refractivity contribution in [2.75, 3.05) is 19.7 Å². The first-order valence-electron chi connectivity index (χ1n) is 15.7. The molecule has 0 spiro atoms. The van der Waals surface area contributed by atoms with Gasteiger partial charge in [0, 0.05) is 29.1 Å². The Hall–Kier alpha value is -2.90. The Morgan fingerprint density at radius 3 is 2.33 bits per heavy atom. The van der Waals surface area contributed by atoms with Gasteiger partial charge in [-0.1, -0.05) is 60.6 Å². The van der Waals surface area contributed by atoms with Crippen LogP contribution in [0, 0.1) is 17.8 Å². The van der Waals surface area contributed by atoms with E-state index in [0.29, 0.717) is 11.5 Å². The number of sulfone groups is 1. The lowest BCUT2D eigenvalue weighted by Gasteiger charge is -2.57. The van der Waals surface area contributed by atoms with E-state index in [1.165, 1.54) is 0 Å². The number of aromatic nitrogens is 2. The molecule has 5 rings (SSSR count). The SMILES string of the molecule is CCN(CCCOc1ccc(-c2cccc(S(=O)(=O)C3CC3)c2)c2c1[nH]c1ncc(C)cc12)C(C)(C(C)(C)C)C(C)(C)C. The topological polar surface area (TPSA) is 75.3 Å². The summed E-state index contributed by atoms with van der Waals surface area (Å²) in [7, 11) is -3.30. The number of rotatable bonds is 10. The zero-order chi connectivity index (χ0) is 31.4. The molecule has 6 nitrogen and oxygen atoms in total. The Morgan fingerprint density at radius 1 is 1.00 bits per heavy atom. The van der Waals surface area contributed by atoms with E-state index < -0.39 is 9.84 Å². The molecule has 0 saturated heterocycles. The van der Waals surface area contributed by atoms with Crippen LogP contribution in [0.15, 0.2) is 53.6 Å². The van der Waals surface area contributed by atoms with Crippen LogP contribution in [0.5, 0.6) is 5.75 Å². The molecule has 2 aromatic carbocycles. The average molecular weight is 604 g/mol. The maximum Gasteiger partial charge on any atom is 0.181 e. The fourth-order valence-corrected chi connectivity index (χ4v) is 8.65. The van der Waals surface area contributed by atoms with Crippen molar-refractivity contribution in [1.82, 2.24) is 14.9 Å². The Bertz CT molecular complexity index is 1720. The highest BCUT2D eigenvalue weighted by Crippen LogP contribution is 2.48. The third kappa shape index (κ3) is 5.71. The summed E-state index contributed by atoms with van der Waals surface area (Å²) in [6.45, 7) is 23.3. The van der Waals surface area contributed by atoms with Crippen LogP contribution >= 0.6 is 0 Å². The van der Waals surface area contributed by atoms with E-state index in [-0.39, 0.29) is 21.6 Å². The van der Waals surface area contributed by atoms with Gasteiger partial charge in [-0.05, 0) is 97.5 Å². The largest absolute Gasteiger partial charge is 0.491 e. The first-order chi connectivity index (χ1) is 20.1. The van der Waals surface area contributed by atoms with Crippen molar-refractivity contribution in [3.05, 3.63) is 54.2 Å². The van der Waals surface area contributed by atoms with Crippen molar-refractivity contribution in [2.24, 2.45) is 10.8 Å². The number of H-pyrrole nitrogens is 1. The monoisotopic (exact) mass is 603 g/mol. The van der Waals surface area contributed by atoms with E-state index in [2.05, 4.69) is 82.4 Å². The van der Waals surface area contributed by atoms with Gasteiger partial charge in [-0.15, -0.1) is 0 Å². The van der Waals surface area contributed by atoms with E-state index in [1.54, 1.807) is 6.07 Å². The van der Waals surface area contributed by atoms with Crippen molar-refractivity contribution in [3.63, 3.8) is 0 Å². The van der Waals surface area contributed by atoms with Gasteiger partial charge >= 0.3 is 0 Å². The highest BCUT2D eigenvalue weighted by molar-refractivity contribution is 7.92. The van der Waals surface area contributed by atoms with Crippen LogP contribution in [0.1, 0.15) is 80.2 Å². The summed E-state index contributed by atoms with van der Waals surface area (Å²) < 4.78 is 32.6. The number of pyridine rings is 1. The quantitative estimate of drug-likeness (QED) is 0.184. The second kappa shape index (κ2) is 11.2. The minimum absolute atomic E-state index is 0.00585. The van der Waals surface area contributed by atoms with Crippen molar-refractivity contribution < 1.29 is 13.2 Å². The Labute approximate surface area is 258 Å². The smallest absolute Gasteiger partial charge is 0.181 e. The van der Waals surface area contributed by atoms with Crippen molar-refractivity contribution in [1.29, 1.82) is 0 Å². The first-order valence-corrected chi connectivity index (χ1v) is 17.3. The van der Waals surface area contributed by atoms with E-state index in [1.807, 2.05) is 37.4 Å². The molecule has 1 aliphatic rings. The number of hydrogen-bond donors (Lipinski definition) is 1. The maximum absolute atomic E-state index is 13.1. The molecule has 1 saturated carbocycles. The minimum atomic E-state index is -3.30. The molecule has 1 aliphatic carbocycles. The normalized spacial score (nSPS) is 15.1. The number of benzene rings is 2. The van der Waals surface area contributed by atoms with E-state index in [9.17, 15) is 8.42 Å². The standard InChI is InChI=1S/C36H49N3O3S/c1-10-39(36(9,34(3,4)5)35(6,7)8)19-12-20-42-30-18-17-28(31-29-21-24(2)23-37-33(29)38-32(30)31)25-13-11-14-27(22-25)43(40,41)26-15-16-26/h11,13-14,17-18,21-23,26H,10,12,15-16,19-20H2,1-9H3,(H,37,38). The molecular weight excluding hydrogens is 554 g/mol. The number of hydrogen-bond acceptors (Lipinski definition) is 5. The maximum atomic E-state index is 13.1.